The molecule has 2 nitrogen and oxygen atoms in total. The largest absolute Gasteiger partial charge is 0.372 e. The third-order valence-electron chi connectivity index (χ3n) is 5.16. The molecule has 3 rings (SSSR count). The molecule has 0 atom stereocenters. The van der Waals surface area contributed by atoms with E-state index in [9.17, 15) is 0 Å². The van der Waals surface area contributed by atoms with Crippen LogP contribution in [0.5, 0.6) is 0 Å². The Kier molecular flexibility index (Phi) is 5.07. The standard InChI is InChI=1S/C18H27ClN2/c1-15-12-18(5-4-17(15)13-19)21-10-6-16(7-11-21)14-20-8-2-3-9-20/h4-5,12,16H,2-3,6-11,13-14H2,1H3. The number of piperidine rings is 1. The van der Waals surface area contributed by atoms with Gasteiger partial charge in [0.05, 0.1) is 0 Å². The molecule has 21 heavy (non-hydrogen) atoms. The highest BCUT2D eigenvalue weighted by Gasteiger charge is 2.23. The summed E-state index contributed by atoms with van der Waals surface area (Å²) in [6.07, 6.45) is 5.50. The number of hydrogen-bond donors (Lipinski definition) is 0. The van der Waals surface area contributed by atoms with Crippen LogP contribution in [0.4, 0.5) is 5.69 Å². The monoisotopic (exact) mass is 306 g/mol. The molecule has 0 spiro atoms. The van der Waals surface area contributed by atoms with Crippen molar-refractivity contribution in [2.45, 2.75) is 38.5 Å². The third-order valence-corrected chi connectivity index (χ3v) is 5.45. The molecule has 0 radical (unpaired) electrons. The molecule has 2 saturated heterocycles. The van der Waals surface area contributed by atoms with Gasteiger partial charge < -0.3 is 9.80 Å². The minimum Gasteiger partial charge on any atom is -0.372 e. The van der Waals surface area contributed by atoms with Crippen molar-refractivity contribution in [1.82, 2.24) is 4.90 Å². The van der Waals surface area contributed by atoms with Gasteiger partial charge in [0.1, 0.15) is 0 Å². The Hall–Kier alpha value is -0.730. The van der Waals surface area contributed by atoms with E-state index in [0.717, 1.165) is 5.92 Å². The number of benzene rings is 1. The molecular formula is C18H27ClN2. The summed E-state index contributed by atoms with van der Waals surface area (Å²) in [5.41, 5.74) is 3.95. The lowest BCUT2D eigenvalue weighted by Crippen LogP contribution is -2.38. The van der Waals surface area contributed by atoms with E-state index in [-0.39, 0.29) is 0 Å². The van der Waals surface area contributed by atoms with Crippen LogP contribution in [-0.4, -0.2) is 37.6 Å². The van der Waals surface area contributed by atoms with Crippen molar-refractivity contribution in [3.63, 3.8) is 0 Å². The molecule has 0 unspecified atom stereocenters. The number of anilines is 1. The van der Waals surface area contributed by atoms with Crippen molar-refractivity contribution in [3.8, 4) is 0 Å². The molecule has 2 aliphatic rings. The molecule has 1 aromatic carbocycles. The van der Waals surface area contributed by atoms with Gasteiger partial charge in [-0.15, -0.1) is 11.6 Å². The van der Waals surface area contributed by atoms with Crippen LogP contribution in [0.25, 0.3) is 0 Å². The van der Waals surface area contributed by atoms with Crippen LogP contribution in [-0.2, 0) is 5.88 Å². The van der Waals surface area contributed by atoms with Gasteiger partial charge in [-0.1, -0.05) is 6.07 Å². The van der Waals surface area contributed by atoms with Gasteiger partial charge in [-0.2, -0.15) is 0 Å². The Morgan fingerprint density at radius 1 is 1.10 bits per heavy atom. The maximum Gasteiger partial charge on any atom is 0.0476 e. The fourth-order valence-electron chi connectivity index (χ4n) is 3.73. The lowest BCUT2D eigenvalue weighted by atomic mass is 9.95. The molecule has 0 N–H and O–H groups in total. The highest BCUT2D eigenvalue weighted by Crippen LogP contribution is 2.26. The molecule has 3 heteroatoms. The molecule has 0 saturated carbocycles. The number of nitrogens with zero attached hydrogens (tertiary/aromatic N) is 2. The Morgan fingerprint density at radius 2 is 1.81 bits per heavy atom. The van der Waals surface area contributed by atoms with E-state index in [4.69, 9.17) is 11.6 Å². The van der Waals surface area contributed by atoms with Crippen LogP contribution in [0.2, 0.25) is 0 Å². The Balaban J connectivity index is 1.54. The third kappa shape index (κ3) is 3.73. The second kappa shape index (κ2) is 7.02. The molecule has 0 aliphatic carbocycles. The van der Waals surface area contributed by atoms with Crippen LogP contribution in [0.15, 0.2) is 18.2 Å². The van der Waals surface area contributed by atoms with Crippen molar-refractivity contribution in [3.05, 3.63) is 29.3 Å². The second-order valence-electron chi connectivity index (χ2n) is 6.68. The normalized spacial score (nSPS) is 21.1. The summed E-state index contributed by atoms with van der Waals surface area (Å²) >= 11 is 5.95. The molecular weight excluding hydrogens is 280 g/mol. The van der Waals surface area contributed by atoms with E-state index in [2.05, 4.69) is 34.9 Å². The SMILES string of the molecule is Cc1cc(N2CCC(CN3CCCC3)CC2)ccc1CCl. The van der Waals surface area contributed by atoms with Crippen LogP contribution < -0.4 is 4.90 Å². The molecule has 2 aliphatic heterocycles. The zero-order valence-corrected chi connectivity index (χ0v) is 13.9. The van der Waals surface area contributed by atoms with Crippen molar-refractivity contribution in [2.24, 2.45) is 5.92 Å². The molecule has 116 valence electrons. The fraction of sp³-hybridized carbons (Fsp3) is 0.667. The average molecular weight is 307 g/mol. The van der Waals surface area contributed by atoms with Crippen molar-refractivity contribution in [1.29, 1.82) is 0 Å². The molecule has 2 heterocycles. The number of likely N-dealkylation sites (tertiary alicyclic amines) is 1. The average Bonchev–Trinajstić information content (AvgIpc) is 3.01. The number of hydrogen-bond acceptors (Lipinski definition) is 2. The topological polar surface area (TPSA) is 6.48 Å². The predicted octanol–water partition coefficient (Wildman–Crippen LogP) is 4.05. The van der Waals surface area contributed by atoms with Crippen molar-refractivity contribution in [2.75, 3.05) is 37.6 Å². The van der Waals surface area contributed by atoms with E-state index >= 15 is 0 Å². The Bertz CT molecular complexity index is 460. The molecule has 0 amide bonds. The van der Waals surface area contributed by atoms with Gasteiger partial charge in [-0.25, -0.2) is 0 Å². The quantitative estimate of drug-likeness (QED) is 0.774. The lowest BCUT2D eigenvalue weighted by molar-refractivity contribution is 0.249. The zero-order valence-electron chi connectivity index (χ0n) is 13.2. The van der Waals surface area contributed by atoms with Crippen LogP contribution in [0.3, 0.4) is 0 Å². The highest BCUT2D eigenvalue weighted by molar-refractivity contribution is 6.17. The van der Waals surface area contributed by atoms with E-state index in [1.807, 2.05) is 0 Å². The smallest absolute Gasteiger partial charge is 0.0476 e. The summed E-state index contributed by atoms with van der Waals surface area (Å²) in [7, 11) is 0. The Labute approximate surface area is 134 Å². The van der Waals surface area contributed by atoms with Crippen LogP contribution in [0.1, 0.15) is 36.8 Å². The van der Waals surface area contributed by atoms with E-state index in [1.54, 1.807) is 0 Å². The molecule has 2 fully saturated rings. The predicted molar refractivity (Wildman–Crippen MR) is 91.3 cm³/mol. The summed E-state index contributed by atoms with van der Waals surface area (Å²) in [4.78, 5) is 5.21. The number of aryl methyl sites for hydroxylation is 1. The first kappa shape index (κ1) is 15.2. The summed E-state index contributed by atoms with van der Waals surface area (Å²) in [6.45, 7) is 8.58. The first-order valence-electron chi connectivity index (χ1n) is 8.39. The van der Waals surface area contributed by atoms with Crippen LogP contribution in [0, 0.1) is 12.8 Å². The number of rotatable bonds is 4. The Morgan fingerprint density at radius 3 is 2.43 bits per heavy atom. The van der Waals surface area contributed by atoms with Crippen molar-refractivity contribution < 1.29 is 0 Å². The van der Waals surface area contributed by atoms with Crippen LogP contribution >= 0.6 is 11.6 Å². The van der Waals surface area contributed by atoms with Gasteiger partial charge in [0.2, 0.25) is 0 Å². The van der Waals surface area contributed by atoms with Gasteiger partial charge in [0.15, 0.2) is 0 Å². The van der Waals surface area contributed by atoms with Gasteiger partial charge in [-0.3, -0.25) is 0 Å². The van der Waals surface area contributed by atoms with E-state index in [1.165, 1.54) is 75.2 Å². The van der Waals surface area contributed by atoms with Gasteiger partial charge in [0.25, 0.3) is 0 Å². The second-order valence-corrected chi connectivity index (χ2v) is 6.95. The van der Waals surface area contributed by atoms with E-state index in [0.29, 0.717) is 5.88 Å². The summed E-state index contributed by atoms with van der Waals surface area (Å²) in [5, 5.41) is 0. The lowest BCUT2D eigenvalue weighted by Gasteiger charge is -2.35. The first-order valence-corrected chi connectivity index (χ1v) is 8.92. The highest BCUT2D eigenvalue weighted by atomic mass is 35.5. The summed E-state index contributed by atoms with van der Waals surface area (Å²) in [5.74, 6) is 1.52. The maximum atomic E-state index is 5.95. The zero-order chi connectivity index (χ0) is 14.7. The minimum atomic E-state index is 0.615. The van der Waals surface area contributed by atoms with Gasteiger partial charge >= 0.3 is 0 Å². The van der Waals surface area contributed by atoms with Crippen molar-refractivity contribution >= 4 is 17.3 Å². The fourth-order valence-corrected chi connectivity index (χ4v) is 4.03. The number of halogens is 1. The van der Waals surface area contributed by atoms with E-state index < -0.39 is 0 Å². The minimum absolute atomic E-state index is 0.615. The summed E-state index contributed by atoms with van der Waals surface area (Å²) < 4.78 is 0. The molecule has 0 aromatic heterocycles. The molecule has 1 aromatic rings. The molecule has 0 bridgehead atoms. The first-order chi connectivity index (χ1) is 10.3. The maximum absolute atomic E-state index is 5.95. The number of alkyl halides is 1. The van der Waals surface area contributed by atoms with Gasteiger partial charge in [0, 0.05) is 31.2 Å². The summed E-state index contributed by atoms with van der Waals surface area (Å²) in [6, 6.07) is 6.73. The van der Waals surface area contributed by atoms with Gasteiger partial charge in [-0.05, 0) is 74.9 Å².